The van der Waals surface area contributed by atoms with E-state index in [1.165, 1.54) is 40.0 Å². The average molecular weight is 1990 g/mol. The molecule has 25 nitrogen and oxygen atoms in total. The molecule has 4 heterocycles. The Morgan fingerprint density at radius 3 is 1.18 bits per heavy atom. The van der Waals surface area contributed by atoms with Gasteiger partial charge in [0.25, 0.3) is 0 Å². The molecule has 8 aliphatic rings. The number of nitrogens with zero attached hydrogens (tertiary/aromatic N) is 5. The van der Waals surface area contributed by atoms with Crippen LogP contribution in [0.3, 0.4) is 0 Å². The summed E-state index contributed by atoms with van der Waals surface area (Å²) in [7, 11) is -3.64. The molecule has 12 rings (SSSR count). The largest absolute Gasteiger partial charge is 1.00 e. The number of hydrogen-bond acceptors (Lipinski definition) is 18. The van der Waals surface area contributed by atoms with Crippen molar-refractivity contribution >= 4 is 106 Å². The van der Waals surface area contributed by atoms with Crippen molar-refractivity contribution in [3.63, 3.8) is 0 Å². The number of aliphatic hydroxyl groups excluding tert-OH is 4. The van der Waals surface area contributed by atoms with Gasteiger partial charge in [0.1, 0.15) is 33.4 Å². The topological polar surface area (TPSA) is 344 Å². The number of aryl methyl sites for hydroxylation is 1. The Hall–Kier alpha value is -3.50. The number of alkyl halides is 2. The van der Waals surface area contributed by atoms with E-state index >= 15 is 0 Å². The summed E-state index contributed by atoms with van der Waals surface area (Å²) in [6.45, 7) is 54.2. The van der Waals surface area contributed by atoms with Crippen molar-refractivity contribution in [2.45, 2.75) is 307 Å². The van der Waals surface area contributed by atoms with E-state index in [0.717, 1.165) is 105 Å². The summed E-state index contributed by atoms with van der Waals surface area (Å²) >= 11 is 11.1. The number of nitrogens with two attached hydrogens (primary N) is 1. The molecule has 0 bridgehead atoms. The number of benzene rings is 4. The molecule has 4 fully saturated rings. The normalized spacial score (nSPS) is 17.6. The number of rotatable bonds is 7. The number of piperidine rings is 3. The standard InChI is InChI=1S/C22H34N2O3S.C22H32N2O3S.C18H23NO3.C9H17Cl2NO2.C9H8O.C4H11NOS.C4H8O.4C2H6O.CH4.B.2Na.Ti.2H/c2*1-20(2,3)27-19(25)24-13-11-22(12-14-24)15-16-9-7-8-10-17(16)18(22)23-28(26)21(4,5)6;1-17(2,3)22-16(21)19-10-8-18(9-11-19)12-13-6-4-5-7-14(13)15(18)20;1-9(2,3)14-8(13)12(6-4-10)7-5-11;10-9-6-5-7-3-1-2-4-8(7)9;1-4(2,3)7(5)6;1-2-4-5-3-1;4*1-2-3;;;;;;;/h7-10,18,23H,11-15H2,1-6H3;7-10H,11-15H2,1-6H3;4-7H,8-12H2,1-3H3;4-7H2,1-3H3;1-4H,5-6H2;5H2,1-3H3;1-4H2;4*3H,2H2,1H3;1H4;;;;;;/q;;;;;;;;;;;;;2*+1;;2*-1/t18-,28-;28-;;;;7-;;;;;;;;;;;;/m11...1............/s1. The molecule has 4 amide bonds. The molecular weight excluding hydrogens is 1820 g/mol. The molecule has 3 radical (unpaired) electrons. The Bertz CT molecular complexity index is 4120. The van der Waals surface area contributed by atoms with Gasteiger partial charge in [-0.15, -0.1) is 23.2 Å². The smallest absolute Gasteiger partial charge is 1.00 e. The zero-order valence-electron chi connectivity index (χ0n) is 85.7. The Balaban J connectivity index is -0.000000360. The van der Waals surface area contributed by atoms with Crippen molar-refractivity contribution in [1.29, 1.82) is 0 Å². The third-order valence-electron chi connectivity index (χ3n) is 20.5. The number of halogens is 2. The van der Waals surface area contributed by atoms with Gasteiger partial charge in [-0.1, -0.05) is 104 Å². The SMILES string of the molecule is C.C1CCOC1.CC(C)(C)OC(=O)N(CCCl)CCCl.CC(C)(C)OC(=O)N1CCC2(CC1)Cc1ccccc1C2=N[S@](=O)C(C)(C)C.CC(C)(C)OC(=O)N1CCC2(CC1)Cc1ccccc1C2=O.CC(C)(C)OC(=O)N1CCC2(CC1)Cc1ccccc1[C@H]2N[S@](=O)C(C)(C)C.CC(C)(C)[S@](N)=O.CCO.CCO.CCO.CCO.O=C1CCc2ccccc21.[B].[H-].[H-].[Na+].[Na+].[Ti]. The Labute approximate surface area is 869 Å². The summed E-state index contributed by atoms with van der Waals surface area (Å²) in [6, 6.07) is 32.5. The maximum Gasteiger partial charge on any atom is 1.00 e. The quantitative estimate of drug-likeness (QED) is 0.0569. The maximum absolute atomic E-state index is 12.9. The summed E-state index contributed by atoms with van der Waals surface area (Å²) in [6.07, 6.45) is 10.6. The van der Waals surface area contributed by atoms with E-state index in [-0.39, 0.29) is 188 Å². The summed E-state index contributed by atoms with van der Waals surface area (Å²) in [4.78, 5) is 79.2. The van der Waals surface area contributed by atoms with Crippen molar-refractivity contribution < 1.29 is 169 Å². The van der Waals surface area contributed by atoms with Crippen LogP contribution in [0.25, 0.3) is 0 Å². The third kappa shape index (κ3) is 47.3. The van der Waals surface area contributed by atoms with Crippen LogP contribution in [0.2, 0.25) is 0 Å². The first-order valence-corrected chi connectivity index (χ1v) is 48.9. The van der Waals surface area contributed by atoms with Crippen LogP contribution in [-0.4, -0.2) is 243 Å². The molecule has 7 N–H and O–H groups in total. The first-order chi connectivity index (χ1) is 58.5. The van der Waals surface area contributed by atoms with E-state index in [1.54, 1.807) is 37.5 Å². The van der Waals surface area contributed by atoms with Gasteiger partial charge >= 0.3 is 83.5 Å². The van der Waals surface area contributed by atoms with Crippen LogP contribution in [0, 0.1) is 16.2 Å². The summed E-state index contributed by atoms with van der Waals surface area (Å²) in [5.41, 5.74) is 7.69. The van der Waals surface area contributed by atoms with Crippen LogP contribution in [0.15, 0.2) is 101 Å². The monoisotopic (exact) mass is 1980 g/mol. The molecule has 0 aromatic heterocycles. The third-order valence-corrected chi connectivity index (χ3v) is 25.0. The number of fused-ring (bicyclic) bond motifs is 4. The van der Waals surface area contributed by atoms with Crippen LogP contribution < -0.4 is 69.0 Å². The van der Waals surface area contributed by atoms with Crippen molar-refractivity contribution in [2.24, 2.45) is 25.8 Å². The van der Waals surface area contributed by atoms with Crippen LogP contribution >= 0.6 is 23.2 Å². The van der Waals surface area contributed by atoms with Crippen LogP contribution in [0.5, 0.6) is 0 Å². The fraction of sp³-hybridized carbons (Fsp3) is 0.680. The second-order valence-corrected chi connectivity index (χ2v) is 45.3. The van der Waals surface area contributed by atoms with Gasteiger partial charge in [-0.05, 0) is 283 Å². The molecule has 4 saturated heterocycles. The van der Waals surface area contributed by atoms with Crippen LogP contribution in [-0.2, 0) is 104 Å². The fourth-order valence-electron chi connectivity index (χ4n) is 14.3. The van der Waals surface area contributed by atoms with Gasteiger partial charge in [0.15, 0.2) is 11.6 Å². The number of hydrogen-bond donors (Lipinski definition) is 6. The van der Waals surface area contributed by atoms with Gasteiger partial charge in [0.2, 0.25) is 0 Å². The van der Waals surface area contributed by atoms with Gasteiger partial charge in [-0.25, -0.2) is 36.5 Å². The second kappa shape index (κ2) is 63.2. The van der Waals surface area contributed by atoms with Crippen LogP contribution in [0.1, 0.15) is 301 Å². The molecule has 4 aliphatic carbocycles. The van der Waals surface area contributed by atoms with E-state index < -0.39 is 60.1 Å². The van der Waals surface area contributed by atoms with Gasteiger partial charge in [0.05, 0.1) is 48.0 Å². The Kier molecular flexibility index (Phi) is 64.6. The molecule has 4 aromatic carbocycles. The predicted molar refractivity (Wildman–Crippen MR) is 528 cm³/mol. The minimum Gasteiger partial charge on any atom is -1.00 e. The maximum atomic E-state index is 12.9. The molecule has 4 aliphatic heterocycles. The Morgan fingerprint density at radius 1 is 0.504 bits per heavy atom. The second-order valence-electron chi connectivity index (χ2n) is 38.9. The number of amides is 4. The molecule has 4 atom stereocenters. The first-order valence-electron chi connectivity index (χ1n) is 44.3. The number of nitrogens with one attached hydrogen (secondary N) is 1. The number of aliphatic hydroxyl groups is 4. The van der Waals surface area contributed by atoms with Crippen molar-refractivity contribution in [2.75, 3.05) is 104 Å². The van der Waals surface area contributed by atoms with E-state index in [2.05, 4.69) is 41.1 Å². The molecule has 34 heteroatoms. The van der Waals surface area contributed by atoms with Crippen LogP contribution in [0.4, 0.5) is 19.2 Å². The molecule has 3 spiro atoms. The molecule has 131 heavy (non-hydrogen) atoms. The number of ketones is 2. The zero-order valence-corrected chi connectivity index (χ0v) is 93.2. The molecule has 4 aromatic rings. The molecular formula is C97H163BCl2N7Na2O18S3Ti. The molecule has 735 valence electrons. The van der Waals surface area contributed by atoms with E-state index in [4.69, 9.17) is 76.8 Å². The van der Waals surface area contributed by atoms with Gasteiger partial charge in [0, 0.05) is 168 Å². The van der Waals surface area contributed by atoms with Crippen molar-refractivity contribution in [3.8, 4) is 0 Å². The van der Waals surface area contributed by atoms with Crippen molar-refractivity contribution in [1.82, 2.24) is 24.3 Å². The van der Waals surface area contributed by atoms with Gasteiger partial charge < -0.3 is 66.6 Å². The molecule has 0 saturated carbocycles. The minimum atomic E-state index is -1.31. The summed E-state index contributed by atoms with van der Waals surface area (Å²) < 4.78 is 69.9. The number of ether oxygens (including phenoxy) is 5. The van der Waals surface area contributed by atoms with Gasteiger partial charge in [-0.3, -0.25) is 14.7 Å². The number of Topliss-reactive ketones (excluding diaryl/α,β-unsaturated/α-hetero) is 2. The summed E-state index contributed by atoms with van der Waals surface area (Å²) in [5.74, 6) is 1.33. The Morgan fingerprint density at radius 2 is 0.840 bits per heavy atom. The number of carbonyl (C=O) groups is 6. The average Bonchev–Trinajstić information content (AvgIpc) is 1.63. The van der Waals surface area contributed by atoms with E-state index in [1.807, 2.05) is 211 Å². The molecule has 0 unspecified atom stereocenters. The fourth-order valence-corrected chi connectivity index (χ4v) is 16.3. The van der Waals surface area contributed by atoms with E-state index in [0.29, 0.717) is 76.3 Å². The first kappa shape index (κ1) is 134. The van der Waals surface area contributed by atoms with Gasteiger partial charge in [-0.2, -0.15) is 4.40 Å². The zero-order chi connectivity index (χ0) is 96.0. The number of likely N-dealkylation sites (tertiary alicyclic amines) is 3. The number of carbonyl (C=O) groups excluding carboxylic acids is 6. The summed E-state index contributed by atoms with van der Waals surface area (Å²) in [5, 5.41) is 35.3. The minimum absolute atomic E-state index is 0. The van der Waals surface area contributed by atoms with Crippen molar-refractivity contribution in [3.05, 3.63) is 142 Å². The van der Waals surface area contributed by atoms with E-state index in [9.17, 15) is 41.4 Å². The predicted octanol–water partition coefficient (Wildman–Crippen LogP) is 12.5.